The maximum Gasteiger partial charge on any atom is 0.253 e. The first-order chi connectivity index (χ1) is 8.58. The lowest BCUT2D eigenvalue weighted by Crippen LogP contribution is -2.24. The van der Waals surface area contributed by atoms with E-state index in [1.807, 2.05) is 0 Å². The summed E-state index contributed by atoms with van der Waals surface area (Å²) in [5.74, 6) is -2.44. The van der Waals surface area contributed by atoms with Gasteiger partial charge in [0.15, 0.2) is 11.6 Å². The van der Waals surface area contributed by atoms with Crippen LogP contribution in [0.2, 0.25) is 5.02 Å². The number of nitrogens with one attached hydrogen (secondary N) is 2. The van der Waals surface area contributed by atoms with Gasteiger partial charge >= 0.3 is 0 Å². The quantitative estimate of drug-likeness (QED) is 0.835. The van der Waals surface area contributed by atoms with E-state index in [9.17, 15) is 13.6 Å². The second-order valence-electron chi connectivity index (χ2n) is 3.36. The number of carbonyl (C=O) groups is 1. The molecule has 0 atom stereocenters. The number of carbonyl (C=O) groups excluding carboxylic acids is 1. The molecule has 0 aliphatic carbocycles. The van der Waals surface area contributed by atoms with E-state index in [4.69, 9.17) is 11.6 Å². The maximum atomic E-state index is 13.0. The van der Waals surface area contributed by atoms with Crippen molar-refractivity contribution >= 4 is 17.5 Å². The van der Waals surface area contributed by atoms with E-state index in [0.29, 0.717) is 5.82 Å². The summed E-state index contributed by atoms with van der Waals surface area (Å²) in [6.45, 7) is 0.0775. The Morgan fingerprint density at radius 2 is 2.11 bits per heavy atom. The molecule has 8 heteroatoms. The van der Waals surface area contributed by atoms with Crippen LogP contribution in [0, 0.1) is 11.6 Å². The van der Waals surface area contributed by atoms with E-state index in [0.717, 1.165) is 12.1 Å². The molecular formula is C10H7ClF2N4O. The molecule has 0 aliphatic heterocycles. The molecule has 2 aromatic rings. The van der Waals surface area contributed by atoms with Crippen molar-refractivity contribution in [2.45, 2.75) is 6.54 Å². The van der Waals surface area contributed by atoms with Gasteiger partial charge in [-0.1, -0.05) is 11.6 Å². The van der Waals surface area contributed by atoms with Crippen molar-refractivity contribution in [2.75, 3.05) is 0 Å². The van der Waals surface area contributed by atoms with Crippen molar-refractivity contribution in [1.82, 2.24) is 20.5 Å². The topological polar surface area (TPSA) is 70.7 Å². The summed E-state index contributed by atoms with van der Waals surface area (Å²) < 4.78 is 25.8. The molecule has 0 saturated carbocycles. The number of hydrogen-bond acceptors (Lipinski definition) is 3. The Balaban J connectivity index is 2.11. The van der Waals surface area contributed by atoms with E-state index in [1.165, 1.54) is 6.33 Å². The molecule has 0 aliphatic rings. The van der Waals surface area contributed by atoms with Crippen LogP contribution in [0.5, 0.6) is 0 Å². The summed E-state index contributed by atoms with van der Waals surface area (Å²) in [5.41, 5.74) is -0.143. The largest absolute Gasteiger partial charge is 0.345 e. The summed E-state index contributed by atoms with van der Waals surface area (Å²) >= 11 is 5.65. The summed E-state index contributed by atoms with van der Waals surface area (Å²) in [7, 11) is 0. The highest BCUT2D eigenvalue weighted by molar-refractivity contribution is 6.33. The number of amides is 1. The van der Waals surface area contributed by atoms with Crippen LogP contribution in [-0.4, -0.2) is 21.1 Å². The van der Waals surface area contributed by atoms with Crippen molar-refractivity contribution in [3.8, 4) is 0 Å². The SMILES string of the molecule is O=C(NCc1ncn[nH]1)c1cc(F)c(F)cc1Cl. The first-order valence-corrected chi connectivity index (χ1v) is 5.22. The van der Waals surface area contributed by atoms with E-state index in [-0.39, 0.29) is 17.1 Å². The van der Waals surface area contributed by atoms with Crippen molar-refractivity contribution < 1.29 is 13.6 Å². The molecule has 5 nitrogen and oxygen atoms in total. The Labute approximate surface area is 105 Å². The van der Waals surface area contributed by atoms with Gasteiger partial charge in [-0.15, -0.1) is 0 Å². The number of benzene rings is 1. The van der Waals surface area contributed by atoms with Gasteiger partial charge in [-0.3, -0.25) is 9.89 Å². The van der Waals surface area contributed by atoms with Crippen LogP contribution in [0.3, 0.4) is 0 Å². The molecule has 0 unspecified atom stereocenters. The number of nitrogens with zero attached hydrogens (tertiary/aromatic N) is 2. The van der Waals surface area contributed by atoms with Gasteiger partial charge in [0.1, 0.15) is 12.2 Å². The highest BCUT2D eigenvalue weighted by atomic mass is 35.5. The van der Waals surface area contributed by atoms with Gasteiger partial charge in [0.05, 0.1) is 17.1 Å². The number of aromatic nitrogens is 3. The van der Waals surface area contributed by atoms with Gasteiger partial charge < -0.3 is 5.32 Å². The Hall–Kier alpha value is -2.02. The predicted octanol–water partition coefficient (Wildman–Crippen LogP) is 1.67. The van der Waals surface area contributed by atoms with Crippen LogP contribution in [0.1, 0.15) is 16.2 Å². The van der Waals surface area contributed by atoms with Crippen LogP contribution in [0.4, 0.5) is 8.78 Å². The molecular weight excluding hydrogens is 266 g/mol. The fourth-order valence-electron chi connectivity index (χ4n) is 1.27. The Morgan fingerprint density at radius 3 is 2.78 bits per heavy atom. The molecule has 2 rings (SSSR count). The van der Waals surface area contributed by atoms with Crippen LogP contribution >= 0.6 is 11.6 Å². The summed E-state index contributed by atoms with van der Waals surface area (Å²) in [4.78, 5) is 15.5. The Morgan fingerprint density at radius 1 is 1.39 bits per heavy atom. The Kier molecular flexibility index (Phi) is 3.52. The zero-order valence-corrected chi connectivity index (χ0v) is 9.63. The molecule has 0 fully saturated rings. The first-order valence-electron chi connectivity index (χ1n) is 4.85. The standard InChI is InChI=1S/C10H7ClF2N4O/c11-6-2-8(13)7(12)1-5(6)10(18)14-3-9-15-4-16-17-9/h1-2,4H,3H2,(H,14,18)(H,15,16,17). The minimum Gasteiger partial charge on any atom is -0.345 e. The van der Waals surface area contributed by atoms with E-state index < -0.39 is 17.5 Å². The highest BCUT2D eigenvalue weighted by Crippen LogP contribution is 2.19. The number of hydrogen-bond donors (Lipinski definition) is 2. The predicted molar refractivity (Wildman–Crippen MR) is 58.9 cm³/mol. The summed E-state index contributed by atoms with van der Waals surface area (Å²) in [5, 5.41) is 8.41. The number of halogens is 3. The average molecular weight is 273 g/mol. The molecule has 2 N–H and O–H groups in total. The number of H-pyrrole nitrogens is 1. The molecule has 0 radical (unpaired) electrons. The molecule has 1 aromatic carbocycles. The lowest BCUT2D eigenvalue weighted by molar-refractivity contribution is 0.0949. The van der Waals surface area contributed by atoms with Gasteiger partial charge in [0, 0.05) is 0 Å². The fourth-order valence-corrected chi connectivity index (χ4v) is 1.51. The summed E-state index contributed by atoms with van der Waals surface area (Å²) in [6, 6.07) is 1.49. The van der Waals surface area contributed by atoms with Crippen molar-refractivity contribution in [3.63, 3.8) is 0 Å². The second kappa shape index (κ2) is 5.09. The molecule has 0 spiro atoms. The summed E-state index contributed by atoms with van der Waals surface area (Å²) in [6.07, 6.45) is 1.28. The van der Waals surface area contributed by atoms with Crippen LogP contribution < -0.4 is 5.32 Å². The molecule has 18 heavy (non-hydrogen) atoms. The van der Waals surface area contributed by atoms with E-state index in [2.05, 4.69) is 20.5 Å². The molecule has 1 heterocycles. The number of rotatable bonds is 3. The third-order valence-corrected chi connectivity index (χ3v) is 2.45. The van der Waals surface area contributed by atoms with Gasteiger partial charge in [0.2, 0.25) is 0 Å². The average Bonchev–Trinajstić information content (AvgIpc) is 2.84. The minimum atomic E-state index is -1.13. The van der Waals surface area contributed by atoms with Crippen LogP contribution in [-0.2, 0) is 6.54 Å². The zero-order valence-electron chi connectivity index (χ0n) is 8.88. The monoisotopic (exact) mass is 272 g/mol. The van der Waals surface area contributed by atoms with E-state index >= 15 is 0 Å². The van der Waals surface area contributed by atoms with Crippen LogP contribution in [0.15, 0.2) is 18.5 Å². The normalized spacial score (nSPS) is 10.4. The molecule has 0 bridgehead atoms. The number of aromatic amines is 1. The highest BCUT2D eigenvalue weighted by Gasteiger charge is 2.14. The van der Waals surface area contributed by atoms with Crippen molar-refractivity contribution in [3.05, 3.63) is 46.5 Å². The lowest BCUT2D eigenvalue weighted by atomic mass is 10.2. The second-order valence-corrected chi connectivity index (χ2v) is 3.77. The van der Waals surface area contributed by atoms with Gasteiger partial charge in [-0.25, -0.2) is 13.8 Å². The Bertz CT molecular complexity index is 574. The molecule has 94 valence electrons. The third-order valence-electron chi connectivity index (χ3n) is 2.14. The fraction of sp³-hybridized carbons (Fsp3) is 0.100. The zero-order chi connectivity index (χ0) is 13.1. The maximum absolute atomic E-state index is 13.0. The molecule has 1 aromatic heterocycles. The van der Waals surface area contributed by atoms with Crippen molar-refractivity contribution in [1.29, 1.82) is 0 Å². The van der Waals surface area contributed by atoms with Gasteiger partial charge in [-0.05, 0) is 12.1 Å². The smallest absolute Gasteiger partial charge is 0.253 e. The van der Waals surface area contributed by atoms with Gasteiger partial charge in [0.25, 0.3) is 5.91 Å². The molecule has 0 saturated heterocycles. The van der Waals surface area contributed by atoms with Crippen molar-refractivity contribution in [2.24, 2.45) is 0 Å². The minimum absolute atomic E-state index is 0.0775. The third kappa shape index (κ3) is 2.62. The van der Waals surface area contributed by atoms with E-state index in [1.54, 1.807) is 0 Å². The first kappa shape index (κ1) is 12.4. The molecule has 1 amide bonds. The van der Waals surface area contributed by atoms with Gasteiger partial charge in [-0.2, -0.15) is 5.10 Å². The lowest BCUT2D eigenvalue weighted by Gasteiger charge is -2.05. The van der Waals surface area contributed by atoms with Crippen LogP contribution in [0.25, 0.3) is 0 Å².